The van der Waals surface area contributed by atoms with Crippen LogP contribution in [-0.4, -0.2) is 26.8 Å². The van der Waals surface area contributed by atoms with E-state index in [4.69, 9.17) is 0 Å². The molecule has 1 aliphatic heterocycles. The van der Waals surface area contributed by atoms with Gasteiger partial charge in [-0.1, -0.05) is 19.1 Å². The first-order valence-corrected chi connectivity index (χ1v) is 12.6. The van der Waals surface area contributed by atoms with Crippen LogP contribution in [0.15, 0.2) is 58.8 Å². The summed E-state index contributed by atoms with van der Waals surface area (Å²) < 4.78 is 28.7. The normalized spacial score (nSPS) is 13.0. The van der Waals surface area contributed by atoms with Gasteiger partial charge >= 0.3 is 0 Å². The molecule has 0 fully saturated rings. The number of aryl methyl sites for hydroxylation is 1. The summed E-state index contributed by atoms with van der Waals surface area (Å²) >= 11 is 1.38. The molecular formula is C23H23N3O4S2. The molecule has 0 saturated carbocycles. The Morgan fingerprint density at radius 3 is 2.56 bits per heavy atom. The van der Waals surface area contributed by atoms with Gasteiger partial charge in [0.25, 0.3) is 15.9 Å². The highest BCUT2D eigenvalue weighted by molar-refractivity contribution is 7.92. The summed E-state index contributed by atoms with van der Waals surface area (Å²) in [5.41, 5.74) is 3.18. The molecule has 9 heteroatoms. The monoisotopic (exact) mass is 469 g/mol. The van der Waals surface area contributed by atoms with E-state index in [0.29, 0.717) is 34.8 Å². The lowest BCUT2D eigenvalue weighted by molar-refractivity contribution is -0.115. The Bertz CT molecular complexity index is 1280. The second kappa shape index (κ2) is 8.76. The van der Waals surface area contributed by atoms with E-state index >= 15 is 0 Å². The van der Waals surface area contributed by atoms with Crippen LogP contribution in [-0.2, 0) is 21.2 Å². The van der Waals surface area contributed by atoms with E-state index in [1.165, 1.54) is 17.4 Å². The molecule has 1 aliphatic rings. The highest BCUT2D eigenvalue weighted by Gasteiger charge is 2.27. The molecule has 0 aliphatic carbocycles. The van der Waals surface area contributed by atoms with Gasteiger partial charge in [-0.05, 0) is 66.2 Å². The average Bonchev–Trinajstić information content (AvgIpc) is 3.43. The minimum Gasteiger partial charge on any atom is -0.326 e. The molecule has 3 aromatic rings. The van der Waals surface area contributed by atoms with Gasteiger partial charge in [0.05, 0.1) is 15.5 Å². The SMILES string of the molecule is CCC(=O)Nc1ccc(S(=O)(=O)Nc2ccc3c(c2)N(C(=O)c2cccs2)CC3)c(C)c1. The van der Waals surface area contributed by atoms with Gasteiger partial charge in [-0.25, -0.2) is 8.42 Å². The Hall–Kier alpha value is -3.17. The van der Waals surface area contributed by atoms with Crippen LogP contribution in [0.5, 0.6) is 0 Å². The van der Waals surface area contributed by atoms with Crippen molar-refractivity contribution in [3.05, 3.63) is 69.9 Å². The van der Waals surface area contributed by atoms with E-state index in [1.807, 2.05) is 17.5 Å². The first-order valence-electron chi connectivity index (χ1n) is 10.2. The maximum atomic E-state index is 13.0. The third-order valence-corrected chi connectivity index (χ3v) is 7.68. The maximum absolute atomic E-state index is 13.0. The smallest absolute Gasteiger partial charge is 0.268 e. The second-order valence-corrected chi connectivity index (χ2v) is 10.1. The minimum atomic E-state index is -3.86. The predicted octanol–water partition coefficient (Wildman–Crippen LogP) is 4.41. The van der Waals surface area contributed by atoms with E-state index in [1.54, 1.807) is 49.1 Å². The van der Waals surface area contributed by atoms with E-state index in [2.05, 4.69) is 10.0 Å². The number of nitrogens with one attached hydrogen (secondary N) is 2. The van der Waals surface area contributed by atoms with Crippen LogP contribution in [0.3, 0.4) is 0 Å². The van der Waals surface area contributed by atoms with Gasteiger partial charge in [-0.2, -0.15) is 0 Å². The summed E-state index contributed by atoms with van der Waals surface area (Å²) in [5, 5.41) is 4.58. The van der Waals surface area contributed by atoms with Crippen LogP contribution in [0, 0.1) is 6.92 Å². The number of thiophene rings is 1. The maximum Gasteiger partial charge on any atom is 0.268 e. The molecule has 1 aromatic heterocycles. The largest absolute Gasteiger partial charge is 0.326 e. The number of sulfonamides is 1. The summed E-state index contributed by atoms with van der Waals surface area (Å²) in [7, 11) is -3.86. The lowest BCUT2D eigenvalue weighted by Gasteiger charge is -2.18. The van der Waals surface area contributed by atoms with Crippen molar-refractivity contribution in [1.82, 2.24) is 0 Å². The molecule has 2 amide bonds. The number of amides is 2. The molecule has 0 saturated heterocycles. The number of anilines is 3. The Labute approximate surface area is 191 Å². The average molecular weight is 470 g/mol. The van der Waals surface area contributed by atoms with Crippen molar-refractivity contribution in [1.29, 1.82) is 0 Å². The van der Waals surface area contributed by atoms with Crippen LogP contribution in [0.2, 0.25) is 0 Å². The van der Waals surface area contributed by atoms with Crippen molar-refractivity contribution in [3.8, 4) is 0 Å². The van der Waals surface area contributed by atoms with Crippen LogP contribution < -0.4 is 14.9 Å². The Morgan fingerprint density at radius 1 is 1.09 bits per heavy atom. The zero-order chi connectivity index (χ0) is 22.9. The lowest BCUT2D eigenvalue weighted by atomic mass is 10.1. The molecule has 0 bridgehead atoms. The molecule has 2 N–H and O–H groups in total. The van der Waals surface area contributed by atoms with Gasteiger partial charge in [-0.15, -0.1) is 11.3 Å². The van der Waals surface area contributed by atoms with Gasteiger partial charge in [0.2, 0.25) is 5.91 Å². The topological polar surface area (TPSA) is 95.6 Å². The van der Waals surface area contributed by atoms with Crippen molar-refractivity contribution in [3.63, 3.8) is 0 Å². The van der Waals surface area contributed by atoms with Gasteiger partial charge in [0.1, 0.15) is 0 Å². The number of hydrogen-bond acceptors (Lipinski definition) is 5. The van der Waals surface area contributed by atoms with Gasteiger partial charge < -0.3 is 10.2 Å². The number of carbonyl (C=O) groups is 2. The number of carbonyl (C=O) groups excluding carboxylic acids is 2. The molecular weight excluding hydrogens is 446 g/mol. The minimum absolute atomic E-state index is 0.0840. The third-order valence-electron chi connectivity index (χ3n) is 5.28. The number of rotatable bonds is 6. The highest BCUT2D eigenvalue weighted by Crippen LogP contribution is 2.33. The molecule has 7 nitrogen and oxygen atoms in total. The highest BCUT2D eigenvalue weighted by atomic mass is 32.2. The summed E-state index contributed by atoms with van der Waals surface area (Å²) in [6, 6.07) is 13.6. The number of nitrogens with zero attached hydrogens (tertiary/aromatic N) is 1. The zero-order valence-electron chi connectivity index (χ0n) is 17.7. The number of benzene rings is 2. The van der Waals surface area contributed by atoms with Crippen molar-refractivity contribution in [2.24, 2.45) is 0 Å². The number of fused-ring (bicyclic) bond motifs is 1. The van der Waals surface area contributed by atoms with Crippen LogP contribution >= 0.6 is 11.3 Å². The zero-order valence-corrected chi connectivity index (χ0v) is 19.3. The van der Waals surface area contributed by atoms with E-state index in [9.17, 15) is 18.0 Å². The quantitative estimate of drug-likeness (QED) is 0.559. The molecule has 0 radical (unpaired) electrons. The Kier molecular flexibility index (Phi) is 6.03. The molecule has 4 rings (SSSR count). The summed E-state index contributed by atoms with van der Waals surface area (Å²) in [4.78, 5) is 26.9. The van der Waals surface area contributed by atoms with Crippen molar-refractivity contribution in [2.45, 2.75) is 31.6 Å². The van der Waals surface area contributed by atoms with Crippen molar-refractivity contribution in [2.75, 3.05) is 21.5 Å². The summed E-state index contributed by atoms with van der Waals surface area (Å²) in [6.45, 7) is 3.99. The van der Waals surface area contributed by atoms with E-state index < -0.39 is 10.0 Å². The third kappa shape index (κ3) is 4.39. The fourth-order valence-corrected chi connectivity index (χ4v) is 5.62. The van der Waals surface area contributed by atoms with Crippen LogP contribution in [0.1, 0.15) is 34.1 Å². The van der Waals surface area contributed by atoms with E-state index in [0.717, 1.165) is 17.7 Å². The van der Waals surface area contributed by atoms with Gasteiger partial charge in [-0.3, -0.25) is 14.3 Å². The molecule has 32 heavy (non-hydrogen) atoms. The Balaban J connectivity index is 1.58. The molecule has 166 valence electrons. The fraction of sp³-hybridized carbons (Fsp3) is 0.217. The first kappa shape index (κ1) is 22.0. The summed E-state index contributed by atoms with van der Waals surface area (Å²) in [6.07, 6.45) is 1.06. The van der Waals surface area contributed by atoms with E-state index in [-0.39, 0.29) is 16.7 Å². The molecule has 0 spiro atoms. The molecule has 0 atom stereocenters. The van der Waals surface area contributed by atoms with Gasteiger partial charge in [0.15, 0.2) is 0 Å². The van der Waals surface area contributed by atoms with Crippen molar-refractivity contribution >= 4 is 50.2 Å². The molecule has 0 unspecified atom stereocenters. The first-order chi connectivity index (χ1) is 15.3. The van der Waals surface area contributed by atoms with Crippen LogP contribution in [0.4, 0.5) is 17.1 Å². The standard InChI is InChI=1S/C23H23N3O4S2/c1-3-22(27)24-17-8-9-21(15(2)13-17)32(29,30)25-18-7-6-16-10-11-26(19(16)14-18)23(28)20-5-4-12-31-20/h4-9,12-14,25H,3,10-11H2,1-2H3,(H,24,27). The second-order valence-electron chi connectivity index (χ2n) is 7.52. The predicted molar refractivity (Wildman–Crippen MR) is 127 cm³/mol. The Morgan fingerprint density at radius 2 is 1.88 bits per heavy atom. The lowest BCUT2D eigenvalue weighted by Crippen LogP contribution is -2.28. The summed E-state index contributed by atoms with van der Waals surface area (Å²) in [5.74, 6) is -0.225. The molecule has 2 aromatic carbocycles. The fourth-order valence-electron chi connectivity index (χ4n) is 3.68. The molecule has 2 heterocycles. The van der Waals surface area contributed by atoms with Crippen molar-refractivity contribution < 1.29 is 18.0 Å². The van der Waals surface area contributed by atoms with Crippen LogP contribution in [0.25, 0.3) is 0 Å². The number of hydrogen-bond donors (Lipinski definition) is 2. The van der Waals surface area contributed by atoms with Gasteiger partial charge in [0, 0.05) is 24.3 Å².